The standard InChI is InChI=1S/C22H18N6O3S/c1-15-16(2)28(14-26-15)21-11-22(25-13-24-21)31-19-9-7-18(8-10-19)27-32(29,30)20-6-4-3-5-17(20)12-23/h3-11,13-14,27H,1-2H3. The highest BCUT2D eigenvalue weighted by molar-refractivity contribution is 7.92. The minimum atomic E-state index is -3.91. The van der Waals surface area contributed by atoms with Gasteiger partial charge in [0.15, 0.2) is 0 Å². The van der Waals surface area contributed by atoms with Gasteiger partial charge < -0.3 is 4.74 Å². The number of imidazole rings is 1. The third-order valence-corrected chi connectivity index (χ3v) is 6.19. The fourth-order valence-corrected chi connectivity index (χ4v) is 4.18. The van der Waals surface area contributed by atoms with E-state index >= 15 is 0 Å². The van der Waals surface area contributed by atoms with E-state index in [4.69, 9.17) is 10.00 Å². The molecule has 0 atom stereocenters. The SMILES string of the molecule is Cc1ncn(-c2cc(Oc3ccc(NS(=O)(=O)c4ccccc4C#N)cc3)ncn2)c1C. The molecule has 2 aromatic heterocycles. The predicted octanol–water partition coefficient (Wildman–Crippen LogP) is 3.74. The van der Waals surface area contributed by atoms with Crippen LogP contribution in [0, 0.1) is 25.2 Å². The Kier molecular flexibility index (Phi) is 5.57. The third-order valence-electron chi connectivity index (χ3n) is 4.75. The maximum Gasteiger partial charge on any atom is 0.263 e. The van der Waals surface area contributed by atoms with Gasteiger partial charge in [0.1, 0.15) is 35.2 Å². The van der Waals surface area contributed by atoms with Crippen molar-refractivity contribution in [2.75, 3.05) is 4.72 Å². The molecule has 32 heavy (non-hydrogen) atoms. The maximum atomic E-state index is 12.6. The number of sulfonamides is 1. The van der Waals surface area contributed by atoms with E-state index < -0.39 is 10.0 Å². The Bertz CT molecular complexity index is 1420. The summed E-state index contributed by atoms with van der Waals surface area (Å²) in [6.07, 6.45) is 3.08. The van der Waals surface area contributed by atoms with Crippen molar-refractivity contribution in [3.05, 3.63) is 84.2 Å². The van der Waals surface area contributed by atoms with Gasteiger partial charge in [0.05, 0.1) is 11.3 Å². The van der Waals surface area contributed by atoms with Gasteiger partial charge in [-0.05, 0) is 50.2 Å². The maximum absolute atomic E-state index is 12.6. The first-order chi connectivity index (χ1) is 15.4. The van der Waals surface area contributed by atoms with Gasteiger partial charge in [-0.2, -0.15) is 5.26 Å². The molecule has 0 radical (unpaired) electrons. The fraction of sp³-hybridized carbons (Fsp3) is 0.0909. The van der Waals surface area contributed by atoms with Crippen molar-refractivity contribution >= 4 is 15.7 Å². The lowest BCUT2D eigenvalue weighted by atomic mass is 10.2. The number of nitriles is 1. The van der Waals surface area contributed by atoms with Crippen molar-refractivity contribution in [1.29, 1.82) is 5.26 Å². The van der Waals surface area contributed by atoms with E-state index in [0.29, 0.717) is 23.1 Å². The average Bonchev–Trinajstić information content (AvgIpc) is 3.13. The highest BCUT2D eigenvalue weighted by atomic mass is 32.2. The molecule has 0 fully saturated rings. The number of aromatic nitrogens is 4. The molecule has 0 bridgehead atoms. The first-order valence-electron chi connectivity index (χ1n) is 9.50. The summed E-state index contributed by atoms with van der Waals surface area (Å²) in [6, 6.07) is 15.9. The third kappa shape index (κ3) is 4.28. The van der Waals surface area contributed by atoms with E-state index in [-0.39, 0.29) is 10.5 Å². The van der Waals surface area contributed by atoms with E-state index in [1.165, 1.54) is 18.5 Å². The van der Waals surface area contributed by atoms with Gasteiger partial charge >= 0.3 is 0 Å². The van der Waals surface area contributed by atoms with E-state index in [1.54, 1.807) is 48.8 Å². The van der Waals surface area contributed by atoms with Gasteiger partial charge in [-0.3, -0.25) is 9.29 Å². The minimum absolute atomic E-state index is 0.0721. The van der Waals surface area contributed by atoms with Crippen LogP contribution >= 0.6 is 0 Å². The Morgan fingerprint density at radius 3 is 2.47 bits per heavy atom. The molecule has 160 valence electrons. The number of aryl methyl sites for hydroxylation is 1. The number of nitrogens with zero attached hydrogens (tertiary/aromatic N) is 5. The van der Waals surface area contributed by atoms with Crippen molar-refractivity contribution < 1.29 is 13.2 Å². The van der Waals surface area contributed by atoms with Crippen LogP contribution in [0.15, 0.2) is 72.1 Å². The van der Waals surface area contributed by atoms with Crippen molar-refractivity contribution in [2.45, 2.75) is 18.7 Å². The second kappa shape index (κ2) is 8.49. The summed E-state index contributed by atoms with van der Waals surface area (Å²) in [7, 11) is -3.91. The van der Waals surface area contributed by atoms with E-state index in [1.807, 2.05) is 24.5 Å². The van der Waals surface area contributed by atoms with Crippen molar-refractivity contribution in [1.82, 2.24) is 19.5 Å². The molecule has 10 heteroatoms. The predicted molar refractivity (Wildman–Crippen MR) is 117 cm³/mol. The summed E-state index contributed by atoms with van der Waals surface area (Å²) in [5, 5.41) is 9.16. The van der Waals surface area contributed by atoms with Crippen LogP contribution in [0.4, 0.5) is 5.69 Å². The fourth-order valence-electron chi connectivity index (χ4n) is 2.96. The molecule has 0 aliphatic carbocycles. The second-order valence-corrected chi connectivity index (χ2v) is 8.49. The summed E-state index contributed by atoms with van der Waals surface area (Å²) in [5.41, 5.74) is 2.27. The van der Waals surface area contributed by atoms with Gasteiger partial charge in [-0.15, -0.1) is 0 Å². The van der Waals surface area contributed by atoms with Crippen LogP contribution in [0.1, 0.15) is 17.0 Å². The highest BCUT2D eigenvalue weighted by Crippen LogP contribution is 2.25. The highest BCUT2D eigenvalue weighted by Gasteiger charge is 2.18. The molecular weight excluding hydrogens is 428 g/mol. The van der Waals surface area contributed by atoms with Gasteiger partial charge in [0.25, 0.3) is 10.0 Å². The molecular formula is C22H18N6O3S. The molecule has 0 saturated carbocycles. The first-order valence-corrected chi connectivity index (χ1v) is 11.0. The van der Waals surface area contributed by atoms with Crippen LogP contribution in [0.5, 0.6) is 11.6 Å². The molecule has 0 amide bonds. The number of rotatable bonds is 6. The largest absolute Gasteiger partial charge is 0.439 e. The normalized spacial score (nSPS) is 11.0. The van der Waals surface area contributed by atoms with Gasteiger partial charge in [0, 0.05) is 17.4 Å². The Balaban J connectivity index is 1.51. The molecule has 0 spiro atoms. The lowest BCUT2D eigenvalue weighted by Gasteiger charge is -2.11. The zero-order chi connectivity index (χ0) is 22.7. The Morgan fingerprint density at radius 1 is 1.03 bits per heavy atom. The molecule has 0 saturated heterocycles. The van der Waals surface area contributed by atoms with Crippen LogP contribution in [0.2, 0.25) is 0 Å². The Labute approximate surface area is 185 Å². The summed E-state index contributed by atoms with van der Waals surface area (Å²) in [4.78, 5) is 12.6. The smallest absolute Gasteiger partial charge is 0.263 e. The second-order valence-electron chi connectivity index (χ2n) is 6.84. The molecule has 0 aliphatic rings. The van der Waals surface area contributed by atoms with Crippen molar-refractivity contribution in [3.63, 3.8) is 0 Å². The number of hydrogen-bond donors (Lipinski definition) is 1. The monoisotopic (exact) mass is 446 g/mol. The zero-order valence-electron chi connectivity index (χ0n) is 17.2. The Hall–Kier alpha value is -4.23. The number of ether oxygens (including phenoxy) is 1. The molecule has 4 aromatic rings. The summed E-state index contributed by atoms with van der Waals surface area (Å²) >= 11 is 0. The van der Waals surface area contributed by atoms with E-state index in [2.05, 4.69) is 19.7 Å². The van der Waals surface area contributed by atoms with Crippen LogP contribution < -0.4 is 9.46 Å². The molecule has 9 nitrogen and oxygen atoms in total. The lowest BCUT2D eigenvalue weighted by Crippen LogP contribution is -2.14. The quantitative estimate of drug-likeness (QED) is 0.478. The minimum Gasteiger partial charge on any atom is -0.439 e. The molecule has 4 rings (SSSR count). The molecule has 0 unspecified atom stereocenters. The van der Waals surface area contributed by atoms with E-state index in [9.17, 15) is 8.42 Å². The molecule has 0 aliphatic heterocycles. The molecule has 1 N–H and O–H groups in total. The van der Waals surface area contributed by atoms with Crippen LogP contribution in [-0.4, -0.2) is 27.9 Å². The zero-order valence-corrected chi connectivity index (χ0v) is 18.0. The summed E-state index contributed by atoms with van der Waals surface area (Å²) in [6.45, 7) is 3.86. The topological polar surface area (TPSA) is 123 Å². The van der Waals surface area contributed by atoms with Crippen LogP contribution in [0.25, 0.3) is 5.82 Å². The van der Waals surface area contributed by atoms with Gasteiger partial charge in [-0.25, -0.2) is 23.4 Å². The lowest BCUT2D eigenvalue weighted by molar-refractivity contribution is 0.461. The van der Waals surface area contributed by atoms with Gasteiger partial charge in [0.2, 0.25) is 5.88 Å². The van der Waals surface area contributed by atoms with Crippen molar-refractivity contribution in [3.8, 4) is 23.5 Å². The Morgan fingerprint density at radius 2 is 1.78 bits per heavy atom. The number of hydrogen-bond acceptors (Lipinski definition) is 7. The van der Waals surface area contributed by atoms with Crippen LogP contribution in [-0.2, 0) is 10.0 Å². The summed E-state index contributed by atoms with van der Waals surface area (Å²) < 4.78 is 35.4. The van der Waals surface area contributed by atoms with Crippen LogP contribution in [0.3, 0.4) is 0 Å². The number of benzene rings is 2. The van der Waals surface area contributed by atoms with Gasteiger partial charge in [-0.1, -0.05) is 12.1 Å². The number of anilines is 1. The first kappa shape index (κ1) is 21.0. The number of nitrogens with one attached hydrogen (secondary N) is 1. The molecule has 2 heterocycles. The summed E-state index contributed by atoms with van der Waals surface area (Å²) in [5.74, 6) is 1.42. The van der Waals surface area contributed by atoms with Crippen molar-refractivity contribution in [2.24, 2.45) is 0 Å². The van der Waals surface area contributed by atoms with E-state index in [0.717, 1.165) is 11.4 Å². The average molecular weight is 446 g/mol. The molecule has 2 aromatic carbocycles.